The van der Waals surface area contributed by atoms with Crippen molar-refractivity contribution in [1.82, 2.24) is 5.32 Å². The average Bonchev–Trinajstić information content (AvgIpc) is 2.91. The molecule has 0 bridgehead atoms. The van der Waals surface area contributed by atoms with Gasteiger partial charge in [-0.1, -0.05) is 30.3 Å². The van der Waals surface area contributed by atoms with Gasteiger partial charge in [0.25, 0.3) is 0 Å². The van der Waals surface area contributed by atoms with Crippen LogP contribution in [0.2, 0.25) is 0 Å². The summed E-state index contributed by atoms with van der Waals surface area (Å²) in [4.78, 5) is 16.7. The van der Waals surface area contributed by atoms with Crippen LogP contribution in [0, 0.1) is 0 Å². The molecule has 2 aromatic rings. The molecule has 2 heterocycles. The molecule has 2 aliphatic rings. The van der Waals surface area contributed by atoms with Crippen molar-refractivity contribution in [2.24, 2.45) is 0 Å². The summed E-state index contributed by atoms with van der Waals surface area (Å²) in [6.07, 6.45) is 0.516. The number of hydrogen-bond acceptors (Lipinski definition) is 3. The van der Waals surface area contributed by atoms with Crippen molar-refractivity contribution in [3.63, 3.8) is 0 Å². The molecular formula is C19H21N3O. The molecule has 1 fully saturated rings. The second-order valence-electron chi connectivity index (χ2n) is 6.19. The zero-order valence-electron chi connectivity index (χ0n) is 13.2. The first-order valence-corrected chi connectivity index (χ1v) is 8.24. The minimum Gasteiger partial charge on any atom is -0.369 e. The van der Waals surface area contributed by atoms with E-state index in [9.17, 15) is 4.79 Å². The quantitative estimate of drug-likeness (QED) is 0.944. The fourth-order valence-electron chi connectivity index (χ4n) is 3.43. The van der Waals surface area contributed by atoms with Gasteiger partial charge in [0.15, 0.2) is 0 Å². The third-order valence-corrected chi connectivity index (χ3v) is 4.66. The first-order valence-electron chi connectivity index (χ1n) is 8.24. The maximum atomic E-state index is 12.4. The first-order chi connectivity index (χ1) is 11.3. The van der Waals surface area contributed by atoms with Crippen molar-refractivity contribution in [2.75, 3.05) is 36.0 Å². The number of fused-ring (bicyclic) bond motifs is 1. The molecule has 4 nitrogen and oxygen atoms in total. The van der Waals surface area contributed by atoms with Gasteiger partial charge in [-0.05, 0) is 29.3 Å². The van der Waals surface area contributed by atoms with E-state index in [1.54, 1.807) is 0 Å². The van der Waals surface area contributed by atoms with Crippen molar-refractivity contribution in [1.29, 1.82) is 0 Å². The number of carbonyl (C=O) groups excluding carboxylic acids is 1. The SMILES string of the molecule is O=C1Cc2cc(N3CCNCC3)ccc2N1Cc1ccccc1. The number of carbonyl (C=O) groups is 1. The molecule has 0 saturated carbocycles. The lowest BCUT2D eigenvalue weighted by molar-refractivity contribution is -0.117. The zero-order valence-corrected chi connectivity index (χ0v) is 13.2. The molecule has 0 radical (unpaired) electrons. The fourth-order valence-corrected chi connectivity index (χ4v) is 3.43. The van der Waals surface area contributed by atoms with Crippen molar-refractivity contribution in [2.45, 2.75) is 13.0 Å². The van der Waals surface area contributed by atoms with Gasteiger partial charge in [0.2, 0.25) is 5.91 Å². The Labute approximate surface area is 136 Å². The molecular weight excluding hydrogens is 286 g/mol. The van der Waals surface area contributed by atoms with Crippen LogP contribution < -0.4 is 15.1 Å². The average molecular weight is 307 g/mol. The minimum atomic E-state index is 0.196. The third-order valence-electron chi connectivity index (χ3n) is 4.66. The summed E-state index contributed by atoms with van der Waals surface area (Å²) in [6.45, 7) is 4.76. The van der Waals surface area contributed by atoms with Crippen LogP contribution >= 0.6 is 0 Å². The van der Waals surface area contributed by atoms with E-state index in [1.807, 2.05) is 23.1 Å². The summed E-state index contributed by atoms with van der Waals surface area (Å²) >= 11 is 0. The number of nitrogens with one attached hydrogen (secondary N) is 1. The maximum Gasteiger partial charge on any atom is 0.231 e. The van der Waals surface area contributed by atoms with Gasteiger partial charge in [0.1, 0.15) is 0 Å². The highest BCUT2D eigenvalue weighted by Gasteiger charge is 2.28. The predicted molar refractivity (Wildman–Crippen MR) is 92.9 cm³/mol. The van der Waals surface area contributed by atoms with Gasteiger partial charge < -0.3 is 15.1 Å². The molecule has 0 aromatic heterocycles. The van der Waals surface area contributed by atoms with Crippen LogP contribution in [0.3, 0.4) is 0 Å². The molecule has 23 heavy (non-hydrogen) atoms. The third kappa shape index (κ3) is 2.82. The van der Waals surface area contributed by atoms with E-state index in [2.05, 4.69) is 40.5 Å². The molecule has 0 atom stereocenters. The normalized spacial score (nSPS) is 17.5. The molecule has 0 spiro atoms. The molecule has 4 rings (SSSR count). The van der Waals surface area contributed by atoms with Gasteiger partial charge in [0.05, 0.1) is 13.0 Å². The second kappa shape index (κ2) is 6.05. The summed E-state index contributed by atoms with van der Waals surface area (Å²) in [5.41, 5.74) is 4.62. The molecule has 2 aromatic carbocycles. The number of piperazine rings is 1. The number of hydrogen-bond donors (Lipinski definition) is 1. The number of nitrogens with zero attached hydrogens (tertiary/aromatic N) is 2. The van der Waals surface area contributed by atoms with Crippen LogP contribution in [-0.2, 0) is 17.8 Å². The van der Waals surface area contributed by atoms with Crippen molar-refractivity contribution in [3.05, 3.63) is 59.7 Å². The highest BCUT2D eigenvalue weighted by Crippen LogP contribution is 2.33. The number of amides is 1. The van der Waals surface area contributed by atoms with Gasteiger partial charge in [-0.3, -0.25) is 4.79 Å². The monoisotopic (exact) mass is 307 g/mol. The summed E-state index contributed by atoms with van der Waals surface area (Å²) in [5, 5.41) is 3.37. The topological polar surface area (TPSA) is 35.6 Å². The van der Waals surface area contributed by atoms with Gasteiger partial charge in [-0.15, -0.1) is 0 Å². The van der Waals surface area contributed by atoms with Crippen molar-refractivity contribution in [3.8, 4) is 0 Å². The highest BCUT2D eigenvalue weighted by molar-refractivity contribution is 6.01. The lowest BCUT2D eigenvalue weighted by Gasteiger charge is -2.30. The molecule has 0 aliphatic carbocycles. The lowest BCUT2D eigenvalue weighted by atomic mass is 10.1. The molecule has 1 N–H and O–H groups in total. The van der Waals surface area contributed by atoms with Gasteiger partial charge >= 0.3 is 0 Å². The van der Waals surface area contributed by atoms with Crippen LogP contribution in [0.1, 0.15) is 11.1 Å². The Kier molecular flexibility index (Phi) is 3.75. The van der Waals surface area contributed by atoms with E-state index in [0.717, 1.165) is 37.4 Å². The highest BCUT2D eigenvalue weighted by atomic mass is 16.2. The predicted octanol–water partition coefficient (Wildman–Crippen LogP) is 2.19. The summed E-state index contributed by atoms with van der Waals surface area (Å²) in [6, 6.07) is 16.6. The van der Waals surface area contributed by atoms with E-state index in [0.29, 0.717) is 13.0 Å². The van der Waals surface area contributed by atoms with Gasteiger partial charge in [0, 0.05) is 37.6 Å². The molecule has 118 valence electrons. The number of rotatable bonds is 3. The van der Waals surface area contributed by atoms with Crippen molar-refractivity contribution >= 4 is 17.3 Å². The van der Waals surface area contributed by atoms with E-state index in [-0.39, 0.29) is 5.91 Å². The molecule has 4 heteroatoms. The van der Waals surface area contributed by atoms with Crippen molar-refractivity contribution < 1.29 is 4.79 Å². The Balaban J connectivity index is 1.58. The van der Waals surface area contributed by atoms with Crippen LogP contribution in [-0.4, -0.2) is 32.1 Å². The summed E-state index contributed by atoms with van der Waals surface area (Å²) in [5.74, 6) is 0.196. The number of anilines is 2. The summed E-state index contributed by atoms with van der Waals surface area (Å²) < 4.78 is 0. The van der Waals surface area contributed by atoms with Crippen LogP contribution in [0.5, 0.6) is 0 Å². The Bertz CT molecular complexity index is 708. The molecule has 2 aliphatic heterocycles. The van der Waals surface area contributed by atoms with Gasteiger partial charge in [-0.25, -0.2) is 0 Å². The van der Waals surface area contributed by atoms with E-state index >= 15 is 0 Å². The number of benzene rings is 2. The Morgan fingerprint density at radius 3 is 2.57 bits per heavy atom. The fraction of sp³-hybridized carbons (Fsp3) is 0.316. The van der Waals surface area contributed by atoms with Gasteiger partial charge in [-0.2, -0.15) is 0 Å². The lowest BCUT2D eigenvalue weighted by Crippen LogP contribution is -2.43. The molecule has 0 unspecified atom stereocenters. The van der Waals surface area contributed by atoms with E-state index in [4.69, 9.17) is 0 Å². The molecule has 1 amide bonds. The Hall–Kier alpha value is -2.33. The minimum absolute atomic E-state index is 0.196. The largest absolute Gasteiger partial charge is 0.369 e. The Morgan fingerprint density at radius 1 is 1.00 bits per heavy atom. The van der Waals surface area contributed by atoms with E-state index < -0.39 is 0 Å². The van der Waals surface area contributed by atoms with E-state index in [1.165, 1.54) is 11.3 Å². The Morgan fingerprint density at radius 2 is 1.78 bits per heavy atom. The first kappa shape index (κ1) is 14.3. The van der Waals surface area contributed by atoms with Crippen LogP contribution in [0.4, 0.5) is 11.4 Å². The standard InChI is InChI=1S/C19H21N3O/c23-19-13-16-12-17(21-10-8-20-9-11-21)6-7-18(16)22(19)14-15-4-2-1-3-5-15/h1-7,12,20H,8-11,13-14H2. The van der Waals surface area contributed by atoms with Crippen LogP contribution in [0.25, 0.3) is 0 Å². The maximum absolute atomic E-state index is 12.4. The smallest absolute Gasteiger partial charge is 0.231 e. The summed E-state index contributed by atoms with van der Waals surface area (Å²) in [7, 11) is 0. The zero-order chi connectivity index (χ0) is 15.6. The van der Waals surface area contributed by atoms with Crippen LogP contribution in [0.15, 0.2) is 48.5 Å². The second-order valence-corrected chi connectivity index (χ2v) is 6.19. The molecule has 1 saturated heterocycles.